The Balaban J connectivity index is 2.61. The number of nitrogens with two attached hydrogens (primary N) is 1. The topological polar surface area (TPSA) is 102 Å². The molecule has 6 heteroatoms. The minimum Gasteiger partial charge on any atom is -0.368 e. The molecule has 1 aromatic heterocycles. The molecule has 3 N–H and O–H groups in total. The predicted octanol–water partition coefficient (Wildman–Crippen LogP) is 0.425. The predicted molar refractivity (Wildman–Crippen MR) is 69.2 cm³/mol. The van der Waals surface area contributed by atoms with E-state index < -0.39 is 17.9 Å². The normalized spacial score (nSPS) is 11.6. The summed E-state index contributed by atoms with van der Waals surface area (Å²) in [5.41, 5.74) is 5.41. The van der Waals surface area contributed by atoms with Gasteiger partial charge in [0.25, 0.3) is 5.91 Å². The third-order valence-corrected chi connectivity index (χ3v) is 2.65. The van der Waals surface area contributed by atoms with E-state index >= 15 is 0 Å². The van der Waals surface area contributed by atoms with Gasteiger partial charge in [0, 0.05) is 19.0 Å². The molecule has 0 bridgehead atoms. The number of rotatable bonds is 7. The van der Waals surface area contributed by atoms with E-state index in [0.717, 1.165) is 0 Å². The molecule has 1 aromatic rings. The largest absolute Gasteiger partial charge is 0.368 e. The van der Waals surface area contributed by atoms with Crippen molar-refractivity contribution in [2.24, 2.45) is 5.73 Å². The quantitative estimate of drug-likeness (QED) is 0.744. The fourth-order valence-electron chi connectivity index (χ4n) is 1.50. The van der Waals surface area contributed by atoms with Crippen LogP contribution >= 0.6 is 0 Å². The van der Waals surface area contributed by atoms with E-state index in [9.17, 15) is 14.4 Å². The van der Waals surface area contributed by atoms with Crippen LogP contribution in [-0.2, 0) is 9.59 Å². The summed E-state index contributed by atoms with van der Waals surface area (Å²) in [6.45, 7) is 1.74. The van der Waals surface area contributed by atoms with Gasteiger partial charge in [0.2, 0.25) is 5.91 Å². The highest BCUT2D eigenvalue weighted by Crippen LogP contribution is 2.02. The highest BCUT2D eigenvalue weighted by molar-refractivity contribution is 5.95. The van der Waals surface area contributed by atoms with Crippen molar-refractivity contribution in [1.29, 1.82) is 0 Å². The van der Waals surface area contributed by atoms with Crippen molar-refractivity contribution in [2.45, 2.75) is 32.2 Å². The zero-order chi connectivity index (χ0) is 14.3. The number of hydrogen-bond donors (Lipinski definition) is 2. The van der Waals surface area contributed by atoms with Gasteiger partial charge in [0.05, 0.1) is 0 Å². The van der Waals surface area contributed by atoms with Gasteiger partial charge in [0.1, 0.15) is 17.5 Å². The van der Waals surface area contributed by atoms with Crippen LogP contribution in [0, 0.1) is 0 Å². The number of ketones is 1. The molecule has 2 amide bonds. The van der Waals surface area contributed by atoms with E-state index in [-0.39, 0.29) is 24.3 Å². The van der Waals surface area contributed by atoms with Gasteiger partial charge in [-0.2, -0.15) is 0 Å². The third-order valence-electron chi connectivity index (χ3n) is 2.65. The molecule has 1 atom stereocenters. The highest BCUT2D eigenvalue weighted by atomic mass is 16.2. The summed E-state index contributed by atoms with van der Waals surface area (Å²) >= 11 is 0. The Morgan fingerprint density at radius 2 is 2.11 bits per heavy atom. The number of aromatic nitrogens is 1. The number of hydrogen-bond acceptors (Lipinski definition) is 4. The van der Waals surface area contributed by atoms with Gasteiger partial charge in [-0.25, -0.2) is 0 Å². The number of carbonyl (C=O) groups is 3. The van der Waals surface area contributed by atoms with E-state index in [2.05, 4.69) is 10.3 Å². The summed E-state index contributed by atoms with van der Waals surface area (Å²) in [6, 6.07) is 4.03. The van der Waals surface area contributed by atoms with Gasteiger partial charge < -0.3 is 11.1 Å². The molecule has 0 saturated carbocycles. The Labute approximate surface area is 111 Å². The van der Waals surface area contributed by atoms with Gasteiger partial charge in [0.15, 0.2) is 0 Å². The first-order valence-corrected chi connectivity index (χ1v) is 6.07. The number of pyridine rings is 1. The van der Waals surface area contributed by atoms with E-state index in [1.165, 1.54) is 12.3 Å². The fourth-order valence-corrected chi connectivity index (χ4v) is 1.50. The number of carbonyl (C=O) groups excluding carboxylic acids is 3. The van der Waals surface area contributed by atoms with Crippen LogP contribution in [0.4, 0.5) is 0 Å². The molecule has 0 spiro atoms. The number of nitrogens with one attached hydrogen (secondary N) is 1. The Hall–Kier alpha value is -2.24. The van der Waals surface area contributed by atoms with Crippen LogP contribution in [0.25, 0.3) is 0 Å². The van der Waals surface area contributed by atoms with Crippen LogP contribution in [-0.4, -0.2) is 28.6 Å². The zero-order valence-electron chi connectivity index (χ0n) is 10.8. The zero-order valence-corrected chi connectivity index (χ0v) is 10.8. The molecule has 0 radical (unpaired) electrons. The van der Waals surface area contributed by atoms with Crippen LogP contribution in [0.2, 0.25) is 0 Å². The van der Waals surface area contributed by atoms with Crippen molar-refractivity contribution in [3.8, 4) is 0 Å². The summed E-state index contributed by atoms with van der Waals surface area (Å²) in [5.74, 6) is -1.11. The lowest BCUT2D eigenvalue weighted by Gasteiger charge is -2.14. The Morgan fingerprint density at radius 3 is 2.63 bits per heavy atom. The van der Waals surface area contributed by atoms with Gasteiger partial charge in [-0.1, -0.05) is 13.0 Å². The lowest BCUT2D eigenvalue weighted by molar-refractivity contribution is -0.121. The molecular formula is C13H17N3O3. The summed E-state index contributed by atoms with van der Waals surface area (Å²) in [7, 11) is 0. The van der Waals surface area contributed by atoms with Crippen molar-refractivity contribution in [1.82, 2.24) is 10.3 Å². The van der Waals surface area contributed by atoms with Crippen molar-refractivity contribution in [3.05, 3.63) is 30.1 Å². The molecule has 0 aliphatic carbocycles. The Kier molecular flexibility index (Phi) is 5.66. The molecule has 0 aromatic carbocycles. The third kappa shape index (κ3) is 4.87. The molecule has 0 unspecified atom stereocenters. The molecule has 102 valence electrons. The van der Waals surface area contributed by atoms with Crippen molar-refractivity contribution in [3.63, 3.8) is 0 Å². The summed E-state index contributed by atoms with van der Waals surface area (Å²) in [6.07, 6.45) is 2.31. The van der Waals surface area contributed by atoms with Gasteiger partial charge in [-0.15, -0.1) is 0 Å². The van der Waals surface area contributed by atoms with E-state index in [1.807, 2.05) is 0 Å². The van der Waals surface area contributed by atoms with E-state index in [1.54, 1.807) is 19.1 Å². The maximum absolute atomic E-state index is 11.8. The SMILES string of the molecule is CCC(=O)CC[C@H](NC(=O)c1ccccn1)C(N)=O. The van der Waals surface area contributed by atoms with Crippen LogP contribution in [0.3, 0.4) is 0 Å². The Bertz CT molecular complexity index is 459. The average molecular weight is 263 g/mol. The van der Waals surface area contributed by atoms with Gasteiger partial charge in [-0.3, -0.25) is 19.4 Å². The number of Topliss-reactive ketones (excluding diaryl/α,β-unsaturated/α-hetero) is 1. The van der Waals surface area contributed by atoms with Crippen LogP contribution in [0.5, 0.6) is 0 Å². The first-order chi connectivity index (χ1) is 9.04. The van der Waals surface area contributed by atoms with Gasteiger partial charge in [-0.05, 0) is 18.6 Å². The molecular weight excluding hydrogens is 246 g/mol. The fraction of sp³-hybridized carbons (Fsp3) is 0.385. The highest BCUT2D eigenvalue weighted by Gasteiger charge is 2.20. The Morgan fingerprint density at radius 1 is 1.37 bits per heavy atom. The summed E-state index contributed by atoms with van der Waals surface area (Å²) in [4.78, 5) is 38.1. The van der Waals surface area contributed by atoms with Crippen LogP contribution in [0.15, 0.2) is 24.4 Å². The molecule has 1 heterocycles. The molecule has 0 aliphatic heterocycles. The monoisotopic (exact) mass is 263 g/mol. The lowest BCUT2D eigenvalue weighted by atomic mass is 10.1. The van der Waals surface area contributed by atoms with Crippen LogP contribution in [0.1, 0.15) is 36.7 Å². The first-order valence-electron chi connectivity index (χ1n) is 6.07. The smallest absolute Gasteiger partial charge is 0.270 e. The maximum atomic E-state index is 11.8. The molecule has 6 nitrogen and oxygen atoms in total. The number of amides is 2. The maximum Gasteiger partial charge on any atom is 0.270 e. The molecule has 0 aliphatic rings. The second-order valence-electron chi connectivity index (χ2n) is 4.07. The molecule has 0 saturated heterocycles. The number of primary amides is 1. The average Bonchev–Trinajstić information content (AvgIpc) is 2.43. The standard InChI is InChI=1S/C13H17N3O3/c1-2-9(17)6-7-10(12(14)18)16-13(19)11-5-3-4-8-15-11/h3-5,8,10H,2,6-7H2,1H3,(H2,14,18)(H,16,19)/t10-/m0/s1. The molecule has 0 fully saturated rings. The van der Waals surface area contributed by atoms with E-state index in [4.69, 9.17) is 5.73 Å². The van der Waals surface area contributed by atoms with Crippen molar-refractivity contribution < 1.29 is 14.4 Å². The lowest BCUT2D eigenvalue weighted by Crippen LogP contribution is -2.44. The first kappa shape index (κ1) is 14.8. The minimum atomic E-state index is -0.856. The second-order valence-corrected chi connectivity index (χ2v) is 4.07. The van der Waals surface area contributed by atoms with Crippen molar-refractivity contribution in [2.75, 3.05) is 0 Å². The minimum absolute atomic E-state index is 0.0262. The summed E-state index contributed by atoms with van der Waals surface area (Å²) < 4.78 is 0. The molecule has 1 rings (SSSR count). The van der Waals surface area contributed by atoms with Crippen molar-refractivity contribution >= 4 is 17.6 Å². The second kappa shape index (κ2) is 7.25. The number of nitrogens with zero attached hydrogens (tertiary/aromatic N) is 1. The summed E-state index contributed by atoms with van der Waals surface area (Å²) in [5, 5.41) is 2.48. The van der Waals surface area contributed by atoms with E-state index in [0.29, 0.717) is 6.42 Å². The van der Waals surface area contributed by atoms with Gasteiger partial charge >= 0.3 is 0 Å². The van der Waals surface area contributed by atoms with Crippen LogP contribution < -0.4 is 11.1 Å². The molecule has 19 heavy (non-hydrogen) atoms.